The molecule has 1 aliphatic heterocycles. The summed E-state index contributed by atoms with van der Waals surface area (Å²) >= 11 is 12.0. The van der Waals surface area contributed by atoms with Crippen LogP contribution in [0, 0.1) is 0 Å². The molecule has 1 aliphatic rings. The number of hydrogen-bond acceptors (Lipinski definition) is 6. The second-order valence-corrected chi connectivity index (χ2v) is 7.92. The van der Waals surface area contributed by atoms with Gasteiger partial charge in [-0.2, -0.15) is 0 Å². The Morgan fingerprint density at radius 1 is 0.853 bits per heavy atom. The summed E-state index contributed by atoms with van der Waals surface area (Å²) in [6.07, 6.45) is 0. The maximum absolute atomic E-state index is 12.9. The second kappa shape index (κ2) is 9.99. The molecule has 0 aliphatic carbocycles. The van der Waals surface area contributed by atoms with E-state index in [1.54, 1.807) is 60.7 Å². The number of carbonyl (C=O) groups excluding carboxylic acids is 3. The molecule has 0 unspecified atom stereocenters. The van der Waals surface area contributed by atoms with Crippen molar-refractivity contribution < 1.29 is 23.9 Å². The van der Waals surface area contributed by atoms with Crippen LogP contribution < -0.4 is 19.7 Å². The number of rotatable bonds is 7. The lowest BCUT2D eigenvalue weighted by Crippen LogP contribution is -2.32. The summed E-state index contributed by atoms with van der Waals surface area (Å²) in [6, 6.07) is 19.2. The molecule has 3 aromatic carbocycles. The molecular weight excluding hydrogens is 479 g/mol. The first-order valence-corrected chi connectivity index (χ1v) is 11.0. The summed E-state index contributed by atoms with van der Waals surface area (Å²) in [5, 5.41) is 3.17. The third kappa shape index (κ3) is 4.90. The Hall–Kier alpha value is -3.81. The molecule has 0 aromatic heterocycles. The van der Waals surface area contributed by atoms with Gasteiger partial charge in [-0.3, -0.25) is 9.59 Å². The molecule has 0 atom stereocenters. The average Bonchev–Trinajstić information content (AvgIpc) is 3.05. The van der Waals surface area contributed by atoms with Gasteiger partial charge in [0.1, 0.15) is 22.2 Å². The van der Waals surface area contributed by atoms with Crippen LogP contribution in [0.2, 0.25) is 5.02 Å². The van der Waals surface area contributed by atoms with E-state index in [2.05, 4.69) is 5.32 Å². The van der Waals surface area contributed by atoms with E-state index in [-0.39, 0.29) is 10.7 Å². The van der Waals surface area contributed by atoms with Crippen LogP contribution in [0.1, 0.15) is 17.3 Å². The van der Waals surface area contributed by atoms with E-state index in [9.17, 15) is 14.4 Å². The zero-order valence-electron chi connectivity index (χ0n) is 17.9. The molecule has 3 aromatic rings. The van der Waals surface area contributed by atoms with Crippen LogP contribution in [0.3, 0.4) is 0 Å². The molecule has 9 heteroatoms. The predicted octanol–water partition coefficient (Wildman–Crippen LogP) is 5.39. The molecule has 172 valence electrons. The smallest absolute Gasteiger partial charge is 0.343 e. The van der Waals surface area contributed by atoms with Crippen LogP contribution in [0.15, 0.2) is 83.5 Å². The molecule has 7 nitrogen and oxygen atoms in total. The summed E-state index contributed by atoms with van der Waals surface area (Å²) in [4.78, 5) is 38.9. The quantitative estimate of drug-likeness (QED) is 0.268. The number of imide groups is 1. The Kier molecular flexibility index (Phi) is 6.86. The van der Waals surface area contributed by atoms with E-state index in [0.29, 0.717) is 40.1 Å². The van der Waals surface area contributed by atoms with Gasteiger partial charge < -0.3 is 14.8 Å². The molecular formula is C25H18Cl2N2O5. The highest BCUT2D eigenvalue weighted by Gasteiger charge is 2.39. The van der Waals surface area contributed by atoms with Crippen molar-refractivity contribution >= 4 is 52.4 Å². The van der Waals surface area contributed by atoms with Crippen LogP contribution in [-0.2, 0) is 9.59 Å². The Balaban J connectivity index is 1.45. The van der Waals surface area contributed by atoms with Crippen LogP contribution >= 0.6 is 23.2 Å². The van der Waals surface area contributed by atoms with Gasteiger partial charge in [0.15, 0.2) is 0 Å². The van der Waals surface area contributed by atoms with Crippen molar-refractivity contribution in [2.24, 2.45) is 0 Å². The lowest BCUT2D eigenvalue weighted by atomic mass is 10.2. The van der Waals surface area contributed by atoms with E-state index in [1.807, 2.05) is 6.92 Å². The maximum Gasteiger partial charge on any atom is 0.343 e. The first-order chi connectivity index (χ1) is 16.4. The summed E-state index contributed by atoms with van der Waals surface area (Å²) in [5.41, 5.74) is 1.07. The van der Waals surface area contributed by atoms with E-state index < -0.39 is 17.8 Å². The van der Waals surface area contributed by atoms with Crippen molar-refractivity contribution in [2.75, 3.05) is 16.8 Å². The zero-order valence-corrected chi connectivity index (χ0v) is 19.4. The van der Waals surface area contributed by atoms with Gasteiger partial charge in [0.2, 0.25) is 0 Å². The van der Waals surface area contributed by atoms with Crippen LogP contribution in [-0.4, -0.2) is 24.4 Å². The van der Waals surface area contributed by atoms with Crippen molar-refractivity contribution in [1.29, 1.82) is 0 Å². The summed E-state index contributed by atoms with van der Waals surface area (Å²) in [6.45, 7) is 2.36. The molecule has 0 radical (unpaired) electrons. The highest BCUT2D eigenvalue weighted by molar-refractivity contribution is 6.53. The molecule has 0 saturated carbocycles. The molecule has 0 bridgehead atoms. The van der Waals surface area contributed by atoms with E-state index in [1.165, 1.54) is 12.1 Å². The highest BCUT2D eigenvalue weighted by Crippen LogP contribution is 2.31. The number of amides is 2. The topological polar surface area (TPSA) is 84.9 Å². The first kappa shape index (κ1) is 23.4. The van der Waals surface area contributed by atoms with Crippen molar-refractivity contribution in [3.8, 4) is 11.5 Å². The standard InChI is InChI=1S/C25H18Cl2N2O5/c1-2-33-19-13-9-18(10-14-19)29-23(30)21(27)22(24(29)31)28-17-7-3-15(4-8-17)25(32)34-20-11-5-16(26)6-12-20/h3-14,28H,2H2,1H3. The Bertz CT molecular complexity index is 1270. The summed E-state index contributed by atoms with van der Waals surface area (Å²) < 4.78 is 10.7. The Labute approximate surface area is 205 Å². The van der Waals surface area contributed by atoms with Gasteiger partial charge in [0, 0.05) is 10.7 Å². The Morgan fingerprint density at radius 3 is 2.09 bits per heavy atom. The normalized spacial score (nSPS) is 13.3. The molecule has 0 saturated heterocycles. The lowest BCUT2D eigenvalue weighted by molar-refractivity contribution is -0.120. The van der Waals surface area contributed by atoms with Gasteiger partial charge in [0.05, 0.1) is 17.9 Å². The van der Waals surface area contributed by atoms with Crippen LogP contribution in [0.5, 0.6) is 11.5 Å². The largest absolute Gasteiger partial charge is 0.494 e. The Morgan fingerprint density at radius 2 is 1.47 bits per heavy atom. The number of nitrogens with one attached hydrogen (secondary N) is 1. The third-order valence-electron chi connectivity index (χ3n) is 4.85. The number of benzene rings is 3. The maximum atomic E-state index is 12.9. The minimum absolute atomic E-state index is 0.0583. The van der Waals surface area contributed by atoms with Gasteiger partial charge in [-0.05, 0) is 79.7 Å². The van der Waals surface area contributed by atoms with Crippen molar-refractivity contribution in [3.05, 3.63) is 94.1 Å². The minimum Gasteiger partial charge on any atom is -0.494 e. The fourth-order valence-corrected chi connectivity index (χ4v) is 3.55. The molecule has 1 N–H and O–H groups in total. The lowest BCUT2D eigenvalue weighted by Gasteiger charge is -2.15. The van der Waals surface area contributed by atoms with Crippen molar-refractivity contribution in [3.63, 3.8) is 0 Å². The number of halogens is 2. The van der Waals surface area contributed by atoms with E-state index in [4.69, 9.17) is 32.7 Å². The third-order valence-corrected chi connectivity index (χ3v) is 5.45. The number of ether oxygens (including phenoxy) is 2. The van der Waals surface area contributed by atoms with E-state index in [0.717, 1.165) is 4.90 Å². The van der Waals surface area contributed by atoms with Crippen molar-refractivity contribution in [2.45, 2.75) is 6.92 Å². The molecule has 4 rings (SSSR count). The average molecular weight is 497 g/mol. The van der Waals surface area contributed by atoms with Gasteiger partial charge >= 0.3 is 5.97 Å². The second-order valence-electron chi connectivity index (χ2n) is 7.11. The van der Waals surface area contributed by atoms with Gasteiger partial charge in [0.25, 0.3) is 11.8 Å². The number of carbonyl (C=O) groups is 3. The molecule has 0 spiro atoms. The monoisotopic (exact) mass is 496 g/mol. The number of anilines is 2. The van der Waals surface area contributed by atoms with Crippen molar-refractivity contribution in [1.82, 2.24) is 0 Å². The van der Waals surface area contributed by atoms with Gasteiger partial charge in [-0.25, -0.2) is 9.69 Å². The molecule has 34 heavy (non-hydrogen) atoms. The van der Waals surface area contributed by atoms with Gasteiger partial charge in [-0.15, -0.1) is 0 Å². The van der Waals surface area contributed by atoms with Crippen LogP contribution in [0.25, 0.3) is 0 Å². The fraction of sp³-hybridized carbons (Fsp3) is 0.0800. The van der Waals surface area contributed by atoms with E-state index >= 15 is 0 Å². The summed E-state index contributed by atoms with van der Waals surface area (Å²) in [7, 11) is 0. The number of esters is 1. The number of hydrogen-bond donors (Lipinski definition) is 1. The molecule has 0 fully saturated rings. The minimum atomic E-state index is -0.638. The number of nitrogens with zero attached hydrogens (tertiary/aromatic N) is 1. The fourth-order valence-electron chi connectivity index (χ4n) is 3.21. The zero-order chi connectivity index (χ0) is 24.2. The first-order valence-electron chi connectivity index (χ1n) is 10.2. The van der Waals surface area contributed by atoms with Gasteiger partial charge in [-0.1, -0.05) is 23.2 Å². The summed E-state index contributed by atoms with van der Waals surface area (Å²) in [5.74, 6) is -0.804. The predicted molar refractivity (Wildman–Crippen MR) is 129 cm³/mol. The SMILES string of the molecule is CCOc1ccc(N2C(=O)C(Cl)=C(Nc3ccc(C(=O)Oc4ccc(Cl)cc4)cc3)C2=O)cc1. The molecule has 1 heterocycles. The van der Waals surface area contributed by atoms with Crippen LogP contribution in [0.4, 0.5) is 11.4 Å². The highest BCUT2D eigenvalue weighted by atomic mass is 35.5. The molecule has 2 amide bonds.